The Balaban J connectivity index is 2.95. The molecule has 0 aromatic carbocycles. The van der Waals surface area contributed by atoms with Crippen LogP contribution in [0, 0.1) is 5.92 Å². The van der Waals surface area contributed by atoms with E-state index in [0.29, 0.717) is 0 Å². The van der Waals surface area contributed by atoms with Crippen molar-refractivity contribution in [1.29, 1.82) is 0 Å². The summed E-state index contributed by atoms with van der Waals surface area (Å²) < 4.78 is 5.23. The maximum atomic E-state index is 11.1. The van der Waals surface area contributed by atoms with Crippen molar-refractivity contribution in [2.24, 2.45) is 5.92 Å². The summed E-state index contributed by atoms with van der Waals surface area (Å²) >= 11 is 0. The summed E-state index contributed by atoms with van der Waals surface area (Å²) in [4.78, 5) is 11.1. The second-order valence-corrected chi connectivity index (χ2v) is 5.03. The van der Waals surface area contributed by atoms with Crippen LogP contribution in [0.3, 0.4) is 0 Å². The monoisotopic (exact) mass is 279 g/mol. The zero-order valence-electron chi connectivity index (χ0n) is 10.9. The number of carboxylic acids is 1. The molecule has 0 aromatic rings. The molecule has 0 aromatic heterocycles. The fourth-order valence-corrected chi connectivity index (χ4v) is 2.11. The SMILES string of the molecule is CC(C)C(NC1(CO)O[C@H](CO)[C@@H](O)C1O)C(=O)O. The molecule has 6 N–H and O–H groups in total. The van der Waals surface area contributed by atoms with E-state index in [1.165, 1.54) is 0 Å². The zero-order valence-corrected chi connectivity index (χ0v) is 10.9. The Morgan fingerprint density at radius 2 is 1.95 bits per heavy atom. The molecule has 0 saturated carbocycles. The predicted octanol–water partition coefficient (Wildman–Crippen LogP) is -2.51. The lowest BCUT2D eigenvalue weighted by Crippen LogP contribution is -2.63. The molecule has 1 aliphatic heterocycles. The summed E-state index contributed by atoms with van der Waals surface area (Å²) in [5.41, 5.74) is -1.81. The highest BCUT2D eigenvalue weighted by Gasteiger charge is 2.55. The maximum Gasteiger partial charge on any atom is 0.321 e. The first-order chi connectivity index (χ1) is 8.79. The number of hydrogen-bond acceptors (Lipinski definition) is 7. The lowest BCUT2D eigenvalue weighted by atomic mass is 9.98. The summed E-state index contributed by atoms with van der Waals surface area (Å²) in [5, 5.41) is 49.6. The number of nitrogens with one attached hydrogen (secondary N) is 1. The fourth-order valence-electron chi connectivity index (χ4n) is 2.11. The van der Waals surface area contributed by atoms with Gasteiger partial charge >= 0.3 is 5.97 Å². The van der Waals surface area contributed by atoms with Crippen LogP contribution in [0.5, 0.6) is 0 Å². The molecule has 1 heterocycles. The van der Waals surface area contributed by atoms with Crippen LogP contribution < -0.4 is 5.32 Å². The molecule has 1 aliphatic rings. The summed E-state index contributed by atoms with van der Waals surface area (Å²) in [7, 11) is 0. The van der Waals surface area contributed by atoms with Crippen molar-refractivity contribution < 1.29 is 35.1 Å². The van der Waals surface area contributed by atoms with Gasteiger partial charge in [0.1, 0.15) is 24.4 Å². The molecule has 19 heavy (non-hydrogen) atoms. The number of ether oxygens (including phenoxy) is 1. The standard InChI is InChI=1S/C11H21NO7/c1-5(2)7(10(17)18)12-11(4-14)9(16)8(15)6(3-13)19-11/h5-9,12-16H,3-4H2,1-2H3,(H,17,18)/t6-,7?,8-,9?,11?/m1/s1. The molecule has 3 unspecified atom stereocenters. The number of aliphatic hydroxyl groups excluding tert-OH is 4. The van der Waals surface area contributed by atoms with Crippen LogP contribution in [0.4, 0.5) is 0 Å². The normalized spacial score (nSPS) is 36.7. The van der Waals surface area contributed by atoms with Gasteiger partial charge < -0.3 is 30.3 Å². The smallest absolute Gasteiger partial charge is 0.321 e. The molecular formula is C11H21NO7. The average molecular weight is 279 g/mol. The Bertz CT molecular complexity index is 324. The van der Waals surface area contributed by atoms with E-state index >= 15 is 0 Å². The Morgan fingerprint density at radius 3 is 2.26 bits per heavy atom. The Morgan fingerprint density at radius 1 is 1.37 bits per heavy atom. The minimum Gasteiger partial charge on any atom is -0.480 e. The topological polar surface area (TPSA) is 139 Å². The molecule has 0 bridgehead atoms. The largest absolute Gasteiger partial charge is 0.480 e. The third kappa shape index (κ3) is 3.04. The molecule has 1 fully saturated rings. The summed E-state index contributed by atoms with van der Waals surface area (Å²) in [6.07, 6.45) is -4.04. The van der Waals surface area contributed by atoms with Crippen LogP contribution in [0.2, 0.25) is 0 Å². The Labute approximate surface area is 110 Å². The average Bonchev–Trinajstić information content (AvgIpc) is 2.60. The number of carbonyl (C=O) groups is 1. The van der Waals surface area contributed by atoms with Crippen LogP contribution in [0.25, 0.3) is 0 Å². The molecular weight excluding hydrogens is 258 g/mol. The molecule has 8 heteroatoms. The molecule has 1 rings (SSSR count). The minimum absolute atomic E-state index is 0.331. The van der Waals surface area contributed by atoms with E-state index in [4.69, 9.17) is 14.9 Å². The van der Waals surface area contributed by atoms with E-state index in [9.17, 15) is 20.1 Å². The van der Waals surface area contributed by atoms with E-state index in [-0.39, 0.29) is 5.92 Å². The van der Waals surface area contributed by atoms with Crippen molar-refractivity contribution in [1.82, 2.24) is 5.32 Å². The van der Waals surface area contributed by atoms with Crippen LogP contribution in [-0.4, -0.2) is 74.8 Å². The van der Waals surface area contributed by atoms with Crippen molar-refractivity contribution in [3.05, 3.63) is 0 Å². The van der Waals surface area contributed by atoms with Crippen molar-refractivity contribution in [3.63, 3.8) is 0 Å². The van der Waals surface area contributed by atoms with E-state index < -0.39 is 49.3 Å². The van der Waals surface area contributed by atoms with Crippen LogP contribution >= 0.6 is 0 Å². The van der Waals surface area contributed by atoms with Gasteiger partial charge in [-0.1, -0.05) is 13.8 Å². The quantitative estimate of drug-likeness (QED) is 0.313. The van der Waals surface area contributed by atoms with E-state index in [2.05, 4.69) is 5.32 Å². The first-order valence-corrected chi connectivity index (χ1v) is 6.05. The van der Waals surface area contributed by atoms with Gasteiger partial charge in [-0.15, -0.1) is 0 Å². The van der Waals surface area contributed by atoms with Gasteiger partial charge in [0.15, 0.2) is 5.72 Å². The highest BCUT2D eigenvalue weighted by atomic mass is 16.6. The van der Waals surface area contributed by atoms with Gasteiger partial charge in [-0.05, 0) is 5.92 Å². The third-order valence-electron chi connectivity index (χ3n) is 3.29. The van der Waals surface area contributed by atoms with Crippen molar-refractivity contribution in [3.8, 4) is 0 Å². The van der Waals surface area contributed by atoms with Crippen LogP contribution in [0.15, 0.2) is 0 Å². The van der Waals surface area contributed by atoms with E-state index in [1.807, 2.05) is 0 Å². The van der Waals surface area contributed by atoms with Gasteiger partial charge in [0.2, 0.25) is 0 Å². The second-order valence-electron chi connectivity index (χ2n) is 5.03. The molecule has 0 amide bonds. The van der Waals surface area contributed by atoms with E-state index in [1.54, 1.807) is 13.8 Å². The Hall–Kier alpha value is -0.770. The Kier molecular flexibility index (Phi) is 5.25. The van der Waals surface area contributed by atoms with Crippen molar-refractivity contribution in [2.45, 2.75) is 43.9 Å². The van der Waals surface area contributed by atoms with Crippen LogP contribution in [-0.2, 0) is 9.53 Å². The molecule has 112 valence electrons. The number of aliphatic hydroxyl groups is 4. The van der Waals surface area contributed by atoms with Crippen molar-refractivity contribution in [2.75, 3.05) is 13.2 Å². The van der Waals surface area contributed by atoms with Gasteiger partial charge in [-0.2, -0.15) is 0 Å². The van der Waals surface area contributed by atoms with Gasteiger partial charge in [-0.25, -0.2) is 0 Å². The number of aliphatic carboxylic acids is 1. The fraction of sp³-hybridized carbons (Fsp3) is 0.909. The highest BCUT2D eigenvalue weighted by Crippen LogP contribution is 2.30. The first kappa shape index (κ1) is 16.3. The lowest BCUT2D eigenvalue weighted by molar-refractivity contribution is -0.160. The zero-order chi connectivity index (χ0) is 14.8. The second kappa shape index (κ2) is 6.12. The molecule has 0 spiro atoms. The third-order valence-corrected chi connectivity index (χ3v) is 3.29. The number of hydrogen-bond donors (Lipinski definition) is 6. The van der Waals surface area contributed by atoms with Gasteiger partial charge in [0.25, 0.3) is 0 Å². The van der Waals surface area contributed by atoms with E-state index in [0.717, 1.165) is 0 Å². The highest BCUT2D eigenvalue weighted by molar-refractivity contribution is 5.73. The van der Waals surface area contributed by atoms with Gasteiger partial charge in [0.05, 0.1) is 13.2 Å². The van der Waals surface area contributed by atoms with Crippen molar-refractivity contribution >= 4 is 5.97 Å². The molecule has 0 radical (unpaired) electrons. The molecule has 1 saturated heterocycles. The number of carboxylic acid groups (broad SMARTS) is 1. The summed E-state index contributed by atoms with van der Waals surface area (Å²) in [5.74, 6) is -1.50. The molecule has 0 aliphatic carbocycles. The number of rotatable bonds is 6. The van der Waals surface area contributed by atoms with Gasteiger partial charge in [0, 0.05) is 0 Å². The van der Waals surface area contributed by atoms with Crippen LogP contribution in [0.1, 0.15) is 13.8 Å². The predicted molar refractivity (Wildman–Crippen MR) is 63.2 cm³/mol. The molecule has 8 nitrogen and oxygen atoms in total. The first-order valence-electron chi connectivity index (χ1n) is 6.05. The molecule has 5 atom stereocenters. The van der Waals surface area contributed by atoms with Gasteiger partial charge in [-0.3, -0.25) is 10.1 Å². The summed E-state index contributed by atoms with van der Waals surface area (Å²) in [6, 6.07) is -1.08. The minimum atomic E-state index is -1.81. The maximum absolute atomic E-state index is 11.1. The lowest BCUT2D eigenvalue weighted by Gasteiger charge is -2.35. The summed E-state index contributed by atoms with van der Waals surface area (Å²) in [6.45, 7) is 2.01.